The summed E-state index contributed by atoms with van der Waals surface area (Å²) in [5.41, 5.74) is -0.536. The molecule has 1 aliphatic heterocycles. The maximum atomic E-state index is 11.5. The molecule has 0 aromatic rings. The van der Waals surface area contributed by atoms with Crippen LogP contribution in [0.3, 0.4) is 0 Å². The van der Waals surface area contributed by atoms with Gasteiger partial charge in [-0.2, -0.15) is 0 Å². The smallest absolute Gasteiger partial charge is 0.415 e. The van der Waals surface area contributed by atoms with Crippen LogP contribution < -0.4 is 0 Å². The Kier molecular flexibility index (Phi) is 3.21. The Morgan fingerprint density at radius 1 is 1.57 bits per heavy atom. The molecule has 0 aromatic heterocycles. The number of amides is 1. The standard InChI is InChI=1S/C9H13NO3S/c1-9(2,3)13-8(12)10-4-5-14-7(10)6-11/h4-7H,1-3H3. The van der Waals surface area contributed by atoms with Gasteiger partial charge in [0.05, 0.1) is 0 Å². The summed E-state index contributed by atoms with van der Waals surface area (Å²) < 4.78 is 5.12. The number of hydrogen-bond acceptors (Lipinski definition) is 4. The number of nitrogens with zero attached hydrogens (tertiary/aromatic N) is 1. The van der Waals surface area contributed by atoms with Gasteiger partial charge in [-0.05, 0) is 26.2 Å². The van der Waals surface area contributed by atoms with Gasteiger partial charge in [-0.1, -0.05) is 11.8 Å². The number of rotatable bonds is 1. The largest absolute Gasteiger partial charge is 0.443 e. The van der Waals surface area contributed by atoms with Crippen LogP contribution in [0.15, 0.2) is 11.6 Å². The highest BCUT2D eigenvalue weighted by molar-refractivity contribution is 8.03. The molecule has 1 aliphatic rings. The van der Waals surface area contributed by atoms with Gasteiger partial charge in [-0.3, -0.25) is 4.90 Å². The summed E-state index contributed by atoms with van der Waals surface area (Å²) in [5.74, 6) is 0. The molecule has 1 unspecified atom stereocenters. The van der Waals surface area contributed by atoms with Crippen LogP contribution in [0.4, 0.5) is 4.79 Å². The van der Waals surface area contributed by atoms with Gasteiger partial charge in [0.2, 0.25) is 0 Å². The molecule has 0 bridgehead atoms. The highest BCUT2D eigenvalue weighted by Gasteiger charge is 2.29. The van der Waals surface area contributed by atoms with Crippen LogP contribution in [0.5, 0.6) is 0 Å². The Morgan fingerprint density at radius 2 is 2.21 bits per heavy atom. The zero-order valence-electron chi connectivity index (χ0n) is 8.39. The molecule has 0 aliphatic carbocycles. The highest BCUT2D eigenvalue weighted by atomic mass is 32.2. The number of carbonyl (C=O) groups is 2. The molecule has 78 valence electrons. The average molecular weight is 215 g/mol. The lowest BCUT2D eigenvalue weighted by atomic mass is 10.2. The number of ether oxygens (including phenoxy) is 1. The monoisotopic (exact) mass is 215 g/mol. The first-order valence-corrected chi connectivity index (χ1v) is 5.17. The Morgan fingerprint density at radius 3 is 2.71 bits per heavy atom. The zero-order valence-corrected chi connectivity index (χ0v) is 9.21. The third kappa shape index (κ3) is 2.77. The average Bonchev–Trinajstić information content (AvgIpc) is 2.47. The van der Waals surface area contributed by atoms with Gasteiger partial charge in [0, 0.05) is 6.20 Å². The lowest BCUT2D eigenvalue weighted by Gasteiger charge is -2.24. The van der Waals surface area contributed by atoms with Crippen molar-refractivity contribution < 1.29 is 14.3 Å². The van der Waals surface area contributed by atoms with E-state index in [1.165, 1.54) is 16.7 Å². The Bertz CT molecular complexity index is 270. The molecule has 5 heteroatoms. The quantitative estimate of drug-likeness (QED) is 0.627. The first kappa shape index (κ1) is 11.1. The van der Waals surface area contributed by atoms with Crippen molar-refractivity contribution in [2.45, 2.75) is 31.7 Å². The molecule has 0 radical (unpaired) electrons. The molecule has 1 atom stereocenters. The Hall–Kier alpha value is -0.970. The summed E-state index contributed by atoms with van der Waals surface area (Å²) in [4.78, 5) is 23.4. The molecule has 1 heterocycles. The van der Waals surface area contributed by atoms with E-state index in [1.54, 1.807) is 32.4 Å². The lowest BCUT2D eigenvalue weighted by molar-refractivity contribution is -0.109. The molecule has 0 spiro atoms. The molecular weight excluding hydrogens is 202 g/mol. The van der Waals surface area contributed by atoms with E-state index in [9.17, 15) is 9.59 Å². The minimum atomic E-state index is -0.536. The van der Waals surface area contributed by atoms with E-state index >= 15 is 0 Å². The van der Waals surface area contributed by atoms with Crippen LogP contribution in [-0.4, -0.2) is 28.3 Å². The van der Waals surface area contributed by atoms with Gasteiger partial charge in [-0.15, -0.1) is 0 Å². The van der Waals surface area contributed by atoms with Crippen LogP contribution >= 0.6 is 11.8 Å². The number of aldehydes is 1. The summed E-state index contributed by atoms with van der Waals surface area (Å²) in [6.45, 7) is 5.36. The molecule has 4 nitrogen and oxygen atoms in total. The van der Waals surface area contributed by atoms with E-state index in [0.29, 0.717) is 6.29 Å². The lowest BCUT2D eigenvalue weighted by Crippen LogP contribution is -2.37. The fourth-order valence-corrected chi connectivity index (χ4v) is 1.62. The molecule has 1 rings (SSSR count). The summed E-state index contributed by atoms with van der Waals surface area (Å²) >= 11 is 1.28. The van der Waals surface area contributed by atoms with Gasteiger partial charge < -0.3 is 9.53 Å². The van der Waals surface area contributed by atoms with Crippen LogP contribution in [-0.2, 0) is 9.53 Å². The summed E-state index contributed by atoms with van der Waals surface area (Å²) in [7, 11) is 0. The van der Waals surface area contributed by atoms with Gasteiger partial charge >= 0.3 is 6.09 Å². The third-order valence-electron chi connectivity index (χ3n) is 1.43. The van der Waals surface area contributed by atoms with E-state index in [2.05, 4.69) is 0 Å². The van der Waals surface area contributed by atoms with Gasteiger partial charge in [0.15, 0.2) is 6.29 Å². The normalized spacial score (nSPS) is 21.1. The van der Waals surface area contributed by atoms with E-state index in [1.807, 2.05) is 0 Å². The topological polar surface area (TPSA) is 46.6 Å². The predicted octanol–water partition coefficient (Wildman–Crippen LogP) is 1.97. The van der Waals surface area contributed by atoms with Gasteiger partial charge in [0.25, 0.3) is 0 Å². The van der Waals surface area contributed by atoms with Crippen molar-refractivity contribution >= 4 is 24.1 Å². The second-order valence-electron chi connectivity index (χ2n) is 3.84. The number of hydrogen-bond donors (Lipinski definition) is 0. The van der Waals surface area contributed by atoms with Crippen molar-refractivity contribution in [3.05, 3.63) is 11.6 Å². The Labute approximate surface area is 87.3 Å². The van der Waals surface area contributed by atoms with Crippen molar-refractivity contribution in [2.75, 3.05) is 0 Å². The minimum absolute atomic E-state index is 0.482. The predicted molar refractivity (Wildman–Crippen MR) is 54.7 cm³/mol. The van der Waals surface area contributed by atoms with Crippen LogP contribution in [0, 0.1) is 0 Å². The second kappa shape index (κ2) is 4.04. The second-order valence-corrected chi connectivity index (χ2v) is 4.86. The highest BCUT2D eigenvalue weighted by Crippen LogP contribution is 2.25. The summed E-state index contributed by atoms with van der Waals surface area (Å²) in [6.07, 6.45) is 1.78. The van der Waals surface area contributed by atoms with Crippen LogP contribution in [0.25, 0.3) is 0 Å². The molecule has 0 saturated heterocycles. The van der Waals surface area contributed by atoms with Gasteiger partial charge in [0.1, 0.15) is 11.0 Å². The minimum Gasteiger partial charge on any atom is -0.443 e. The van der Waals surface area contributed by atoms with E-state index in [4.69, 9.17) is 4.74 Å². The molecule has 0 aromatic carbocycles. The van der Waals surface area contributed by atoms with Crippen molar-refractivity contribution in [1.82, 2.24) is 4.90 Å². The van der Waals surface area contributed by atoms with E-state index < -0.39 is 17.1 Å². The first-order chi connectivity index (χ1) is 6.44. The first-order valence-electron chi connectivity index (χ1n) is 4.23. The van der Waals surface area contributed by atoms with Crippen molar-refractivity contribution in [2.24, 2.45) is 0 Å². The van der Waals surface area contributed by atoms with E-state index in [0.717, 1.165) is 0 Å². The third-order valence-corrected chi connectivity index (χ3v) is 2.33. The summed E-state index contributed by atoms with van der Waals surface area (Å²) in [6, 6.07) is 0. The molecule has 0 N–H and O–H groups in total. The fourth-order valence-electron chi connectivity index (χ4n) is 0.909. The van der Waals surface area contributed by atoms with Crippen molar-refractivity contribution in [1.29, 1.82) is 0 Å². The number of thioether (sulfide) groups is 1. The zero-order chi connectivity index (χ0) is 10.8. The molecule has 1 amide bonds. The molecular formula is C9H13NO3S. The maximum Gasteiger partial charge on any atom is 0.415 e. The number of carbonyl (C=O) groups excluding carboxylic acids is 2. The van der Waals surface area contributed by atoms with Crippen molar-refractivity contribution in [3.8, 4) is 0 Å². The molecule has 0 fully saturated rings. The fraction of sp³-hybridized carbons (Fsp3) is 0.556. The van der Waals surface area contributed by atoms with Crippen molar-refractivity contribution in [3.63, 3.8) is 0 Å². The van der Waals surface area contributed by atoms with Crippen LogP contribution in [0.2, 0.25) is 0 Å². The van der Waals surface area contributed by atoms with Crippen LogP contribution in [0.1, 0.15) is 20.8 Å². The van der Waals surface area contributed by atoms with E-state index in [-0.39, 0.29) is 0 Å². The summed E-state index contributed by atoms with van der Waals surface area (Å²) in [5, 5.41) is 1.22. The Balaban J connectivity index is 2.60. The molecule has 14 heavy (non-hydrogen) atoms. The maximum absolute atomic E-state index is 11.5. The molecule has 0 saturated carbocycles. The van der Waals surface area contributed by atoms with Gasteiger partial charge in [-0.25, -0.2) is 4.79 Å². The SMILES string of the molecule is CC(C)(C)OC(=O)N1C=CSC1C=O.